The van der Waals surface area contributed by atoms with E-state index in [1.54, 1.807) is 35.1 Å². The van der Waals surface area contributed by atoms with Crippen molar-refractivity contribution in [1.82, 2.24) is 14.7 Å². The third kappa shape index (κ3) is 4.46. The van der Waals surface area contributed by atoms with Gasteiger partial charge in [-0.25, -0.2) is 4.68 Å². The highest BCUT2D eigenvalue weighted by Gasteiger charge is 2.14. The lowest BCUT2D eigenvalue weighted by Crippen LogP contribution is -2.26. The zero-order chi connectivity index (χ0) is 18.5. The molecule has 0 aliphatic rings. The molecule has 134 valence electrons. The van der Waals surface area contributed by atoms with Gasteiger partial charge in [-0.1, -0.05) is 30.3 Å². The lowest BCUT2D eigenvalue weighted by atomic mass is 10.1. The van der Waals surface area contributed by atoms with Gasteiger partial charge in [-0.15, -0.1) is 0 Å². The van der Waals surface area contributed by atoms with Crippen LogP contribution in [0.25, 0.3) is 5.69 Å². The van der Waals surface area contributed by atoms with Crippen molar-refractivity contribution >= 4 is 16.7 Å². The Kier molecular flexibility index (Phi) is 5.63. The first-order valence-electron chi connectivity index (χ1n) is 8.26. The summed E-state index contributed by atoms with van der Waals surface area (Å²) in [5.41, 5.74) is 3.44. The van der Waals surface area contributed by atoms with E-state index in [1.165, 1.54) is 0 Å². The Labute approximate surface area is 155 Å². The van der Waals surface area contributed by atoms with Crippen LogP contribution in [0, 0.1) is 0 Å². The zero-order valence-corrected chi connectivity index (χ0v) is 15.6. The minimum absolute atomic E-state index is 0.0683. The van der Waals surface area contributed by atoms with Gasteiger partial charge in [0.25, 0.3) is 5.91 Å². The summed E-state index contributed by atoms with van der Waals surface area (Å²) in [5.74, 6) is 0.385. The topological polar surface area (TPSA) is 55.2 Å². The van der Waals surface area contributed by atoms with Gasteiger partial charge in [-0.2, -0.15) is 5.10 Å². The minimum atomic E-state index is -0.932. The molecule has 5 nitrogen and oxygen atoms in total. The van der Waals surface area contributed by atoms with E-state index in [9.17, 15) is 9.00 Å². The molecule has 0 saturated carbocycles. The second-order valence-corrected chi connectivity index (χ2v) is 7.64. The largest absolute Gasteiger partial charge is 0.337 e. The lowest BCUT2D eigenvalue weighted by molar-refractivity contribution is 0.0785. The minimum Gasteiger partial charge on any atom is -0.337 e. The molecule has 0 N–H and O–H groups in total. The van der Waals surface area contributed by atoms with E-state index in [1.807, 2.05) is 54.7 Å². The average Bonchev–Trinajstić information content (AvgIpc) is 3.10. The van der Waals surface area contributed by atoms with Gasteiger partial charge in [0.05, 0.1) is 11.9 Å². The first-order chi connectivity index (χ1) is 12.5. The van der Waals surface area contributed by atoms with E-state index < -0.39 is 10.8 Å². The van der Waals surface area contributed by atoms with E-state index in [2.05, 4.69) is 5.10 Å². The van der Waals surface area contributed by atoms with E-state index in [0.29, 0.717) is 17.9 Å². The number of aromatic nitrogens is 2. The van der Waals surface area contributed by atoms with Crippen LogP contribution in [0.2, 0.25) is 0 Å². The third-order valence-electron chi connectivity index (χ3n) is 3.97. The zero-order valence-electron chi connectivity index (χ0n) is 14.8. The molecule has 2 aromatic carbocycles. The van der Waals surface area contributed by atoms with Gasteiger partial charge in [0.15, 0.2) is 0 Å². The Balaban J connectivity index is 1.70. The molecule has 3 aromatic rings. The lowest BCUT2D eigenvalue weighted by Gasteiger charge is -2.16. The summed E-state index contributed by atoms with van der Waals surface area (Å²) >= 11 is 0. The number of hydrogen-bond acceptors (Lipinski definition) is 3. The van der Waals surface area contributed by atoms with Gasteiger partial charge in [0.2, 0.25) is 0 Å². The molecule has 1 heterocycles. The Morgan fingerprint density at radius 2 is 1.88 bits per heavy atom. The SMILES string of the molecule is CN(Cc1cnn(-c2ccccc2)c1)C(=O)c1cccc(CS(C)=O)c1. The standard InChI is InChI=1S/C20H21N3O2S/c1-22(20(24)18-8-6-7-16(11-18)15-26(2)25)13-17-12-21-23(14-17)19-9-4-3-5-10-19/h3-12,14H,13,15H2,1-2H3. The predicted molar refractivity (Wildman–Crippen MR) is 104 cm³/mol. The van der Waals surface area contributed by atoms with E-state index in [0.717, 1.165) is 16.8 Å². The van der Waals surface area contributed by atoms with Crippen molar-refractivity contribution in [3.63, 3.8) is 0 Å². The first-order valence-corrected chi connectivity index (χ1v) is 9.99. The number of carbonyl (C=O) groups excluding carboxylic acids is 1. The van der Waals surface area contributed by atoms with Crippen LogP contribution in [0.5, 0.6) is 0 Å². The summed E-state index contributed by atoms with van der Waals surface area (Å²) in [4.78, 5) is 14.3. The quantitative estimate of drug-likeness (QED) is 0.673. The van der Waals surface area contributed by atoms with Gasteiger partial charge < -0.3 is 4.90 Å². The Hall–Kier alpha value is -2.73. The van der Waals surface area contributed by atoms with Crippen LogP contribution in [-0.2, 0) is 23.1 Å². The van der Waals surface area contributed by atoms with Crippen LogP contribution in [-0.4, -0.2) is 38.1 Å². The van der Waals surface area contributed by atoms with Crippen LogP contribution in [0.1, 0.15) is 21.5 Å². The van der Waals surface area contributed by atoms with Crippen molar-refractivity contribution in [1.29, 1.82) is 0 Å². The van der Waals surface area contributed by atoms with Crippen molar-refractivity contribution in [3.8, 4) is 5.69 Å². The van der Waals surface area contributed by atoms with Crippen LogP contribution >= 0.6 is 0 Å². The molecule has 0 spiro atoms. The van der Waals surface area contributed by atoms with Gasteiger partial charge in [-0.05, 0) is 29.8 Å². The maximum atomic E-state index is 12.7. The van der Waals surface area contributed by atoms with Crippen molar-refractivity contribution in [2.24, 2.45) is 0 Å². The van der Waals surface area contributed by atoms with Gasteiger partial charge in [0.1, 0.15) is 0 Å². The molecule has 0 bridgehead atoms. The number of nitrogens with zero attached hydrogens (tertiary/aromatic N) is 3. The fourth-order valence-electron chi connectivity index (χ4n) is 2.76. The Morgan fingerprint density at radius 1 is 1.12 bits per heavy atom. The van der Waals surface area contributed by atoms with Gasteiger partial charge in [-0.3, -0.25) is 9.00 Å². The van der Waals surface area contributed by atoms with Gasteiger partial charge >= 0.3 is 0 Å². The van der Waals surface area contributed by atoms with Crippen LogP contribution in [0.3, 0.4) is 0 Å². The van der Waals surface area contributed by atoms with Crippen molar-refractivity contribution in [2.45, 2.75) is 12.3 Å². The molecule has 0 saturated heterocycles. The molecule has 0 fully saturated rings. The highest BCUT2D eigenvalue weighted by molar-refractivity contribution is 7.83. The number of hydrogen-bond donors (Lipinski definition) is 0. The fourth-order valence-corrected chi connectivity index (χ4v) is 3.41. The fraction of sp³-hybridized carbons (Fsp3) is 0.200. The van der Waals surface area contributed by atoms with Gasteiger partial charge in [0, 0.05) is 53.7 Å². The Bertz CT molecular complexity index is 922. The summed E-state index contributed by atoms with van der Waals surface area (Å²) in [6.45, 7) is 0.468. The summed E-state index contributed by atoms with van der Waals surface area (Å²) in [5, 5.41) is 4.36. The number of benzene rings is 2. The predicted octanol–water partition coefficient (Wildman–Crippen LogP) is 3.02. The van der Waals surface area contributed by atoms with Crippen molar-refractivity contribution < 1.29 is 9.00 Å². The maximum absolute atomic E-state index is 12.7. The maximum Gasteiger partial charge on any atom is 0.253 e. The van der Waals surface area contributed by atoms with Crippen molar-refractivity contribution in [3.05, 3.63) is 83.7 Å². The van der Waals surface area contributed by atoms with E-state index in [4.69, 9.17) is 0 Å². The van der Waals surface area contributed by atoms with E-state index in [-0.39, 0.29) is 5.91 Å². The number of para-hydroxylation sites is 1. The second kappa shape index (κ2) is 8.10. The normalized spacial score (nSPS) is 11.9. The summed E-state index contributed by atoms with van der Waals surface area (Å²) in [7, 11) is 0.839. The van der Waals surface area contributed by atoms with Crippen LogP contribution < -0.4 is 0 Å². The van der Waals surface area contributed by atoms with E-state index >= 15 is 0 Å². The Morgan fingerprint density at radius 3 is 2.62 bits per heavy atom. The summed E-state index contributed by atoms with van der Waals surface area (Å²) < 4.78 is 13.2. The molecule has 1 amide bonds. The molecular formula is C20H21N3O2S. The number of carbonyl (C=O) groups is 1. The monoisotopic (exact) mass is 367 g/mol. The molecule has 3 rings (SSSR count). The molecule has 1 atom stereocenters. The highest BCUT2D eigenvalue weighted by Crippen LogP contribution is 2.13. The smallest absolute Gasteiger partial charge is 0.253 e. The van der Waals surface area contributed by atoms with Crippen LogP contribution in [0.15, 0.2) is 67.0 Å². The summed E-state index contributed by atoms with van der Waals surface area (Å²) in [6, 6.07) is 17.2. The summed E-state index contributed by atoms with van der Waals surface area (Å²) in [6.07, 6.45) is 5.36. The molecule has 1 aromatic heterocycles. The molecule has 0 aliphatic heterocycles. The molecule has 6 heteroatoms. The van der Waals surface area contributed by atoms with Crippen molar-refractivity contribution in [2.75, 3.05) is 13.3 Å². The average molecular weight is 367 g/mol. The second-order valence-electron chi connectivity index (χ2n) is 6.21. The third-order valence-corrected chi connectivity index (χ3v) is 4.71. The molecule has 26 heavy (non-hydrogen) atoms. The molecule has 0 aliphatic carbocycles. The molecular weight excluding hydrogens is 346 g/mol. The highest BCUT2D eigenvalue weighted by atomic mass is 32.2. The number of rotatable bonds is 6. The number of amides is 1. The van der Waals surface area contributed by atoms with Crippen LogP contribution in [0.4, 0.5) is 0 Å². The first kappa shape index (κ1) is 18.1. The molecule has 1 unspecified atom stereocenters. The molecule has 0 radical (unpaired) electrons.